The number of nitrogens with one attached hydrogen (secondary N) is 1. The average molecular weight is 470 g/mol. The summed E-state index contributed by atoms with van der Waals surface area (Å²) in [6.07, 6.45) is 3.93. The third kappa shape index (κ3) is 3.51. The van der Waals surface area contributed by atoms with Gasteiger partial charge in [0.15, 0.2) is 11.6 Å². The standard InChI is InChI=1S/C22H29F2N3O4S/c1-21(2,27(3)32(30,31)15-4-5-16(23)17(24)8-15)20(29)26-18-13-6-12-7-14(18)11-22(9-12,10-13)19(25)28/h4-5,8,12-14,18H,6-7,9-11H2,1-3H3,(H2,25,28)(H,26,29). The minimum atomic E-state index is -4.26. The Balaban J connectivity index is 1.53. The summed E-state index contributed by atoms with van der Waals surface area (Å²) < 4.78 is 53.8. The van der Waals surface area contributed by atoms with Crippen LogP contribution in [0.4, 0.5) is 8.78 Å². The van der Waals surface area contributed by atoms with Crippen molar-refractivity contribution >= 4 is 21.8 Å². The SMILES string of the molecule is CN(C(C)(C)C(=O)NC1C2CC3CC1CC(C(N)=O)(C3)C2)S(=O)(=O)c1ccc(F)c(F)c1. The number of carbonyl (C=O) groups is 2. The zero-order chi connectivity index (χ0) is 23.6. The fraction of sp³-hybridized carbons (Fsp3) is 0.636. The smallest absolute Gasteiger partial charge is 0.243 e. The summed E-state index contributed by atoms with van der Waals surface area (Å²) >= 11 is 0. The Hall–Kier alpha value is -2.07. The molecule has 7 nitrogen and oxygen atoms in total. The molecule has 176 valence electrons. The molecule has 32 heavy (non-hydrogen) atoms. The zero-order valence-electron chi connectivity index (χ0n) is 18.4. The van der Waals surface area contributed by atoms with Crippen molar-refractivity contribution < 1.29 is 26.8 Å². The van der Waals surface area contributed by atoms with Gasteiger partial charge in [-0.15, -0.1) is 0 Å². The normalized spacial score (nSPS) is 31.7. The molecule has 2 unspecified atom stereocenters. The predicted octanol–water partition coefficient (Wildman–Crippen LogP) is 2.16. The first-order valence-electron chi connectivity index (χ1n) is 10.8. The van der Waals surface area contributed by atoms with Crippen molar-refractivity contribution in [3.05, 3.63) is 29.8 Å². The van der Waals surface area contributed by atoms with Gasteiger partial charge < -0.3 is 11.1 Å². The first-order chi connectivity index (χ1) is 14.8. The number of nitrogens with zero attached hydrogens (tertiary/aromatic N) is 1. The lowest BCUT2D eigenvalue weighted by molar-refractivity contribution is -0.148. The summed E-state index contributed by atoms with van der Waals surface area (Å²) in [5.74, 6) is -2.49. The van der Waals surface area contributed by atoms with Gasteiger partial charge in [0.25, 0.3) is 0 Å². The van der Waals surface area contributed by atoms with Crippen LogP contribution in [0.25, 0.3) is 0 Å². The summed E-state index contributed by atoms with van der Waals surface area (Å²) in [5, 5.41) is 3.05. The van der Waals surface area contributed by atoms with Crippen LogP contribution < -0.4 is 11.1 Å². The molecule has 1 aromatic carbocycles. The van der Waals surface area contributed by atoms with Gasteiger partial charge in [-0.3, -0.25) is 9.59 Å². The number of amides is 2. The maximum Gasteiger partial charge on any atom is 0.243 e. The van der Waals surface area contributed by atoms with Gasteiger partial charge in [-0.25, -0.2) is 17.2 Å². The van der Waals surface area contributed by atoms with Crippen molar-refractivity contribution in [2.24, 2.45) is 28.9 Å². The van der Waals surface area contributed by atoms with Crippen LogP contribution in [-0.2, 0) is 19.6 Å². The highest BCUT2D eigenvalue weighted by Crippen LogP contribution is 2.60. The number of hydrogen-bond donors (Lipinski definition) is 2. The second kappa shape index (κ2) is 7.48. The van der Waals surface area contributed by atoms with E-state index in [4.69, 9.17) is 5.73 Å². The van der Waals surface area contributed by atoms with E-state index < -0.39 is 43.4 Å². The summed E-state index contributed by atoms with van der Waals surface area (Å²) in [6.45, 7) is 2.95. The molecule has 0 heterocycles. The third-order valence-corrected chi connectivity index (χ3v) is 10.0. The third-order valence-electron chi connectivity index (χ3n) is 7.99. The molecule has 4 saturated carbocycles. The fourth-order valence-corrected chi connectivity index (χ4v) is 7.62. The lowest BCUT2D eigenvalue weighted by Gasteiger charge is -2.59. The topological polar surface area (TPSA) is 110 Å². The van der Waals surface area contributed by atoms with E-state index in [0.717, 1.165) is 35.7 Å². The number of hydrogen-bond acceptors (Lipinski definition) is 4. The van der Waals surface area contributed by atoms with Crippen LogP contribution in [0.5, 0.6) is 0 Å². The largest absolute Gasteiger partial charge is 0.369 e. The summed E-state index contributed by atoms with van der Waals surface area (Å²) in [7, 11) is -3.01. The van der Waals surface area contributed by atoms with Crippen molar-refractivity contribution in [1.82, 2.24) is 9.62 Å². The van der Waals surface area contributed by atoms with Gasteiger partial charge in [0.2, 0.25) is 21.8 Å². The molecule has 10 heteroatoms. The van der Waals surface area contributed by atoms with Crippen molar-refractivity contribution in [1.29, 1.82) is 0 Å². The second-order valence-electron chi connectivity index (χ2n) is 10.2. The summed E-state index contributed by atoms with van der Waals surface area (Å²) in [4.78, 5) is 25.0. The Morgan fingerprint density at radius 1 is 1.12 bits per heavy atom. The van der Waals surface area contributed by atoms with Crippen LogP contribution in [0.3, 0.4) is 0 Å². The quantitative estimate of drug-likeness (QED) is 0.665. The Morgan fingerprint density at radius 2 is 1.72 bits per heavy atom. The predicted molar refractivity (Wildman–Crippen MR) is 112 cm³/mol. The van der Waals surface area contributed by atoms with Crippen LogP contribution in [-0.4, -0.2) is 43.2 Å². The van der Waals surface area contributed by atoms with E-state index >= 15 is 0 Å². The Kier molecular flexibility index (Phi) is 5.40. The lowest BCUT2D eigenvalue weighted by atomic mass is 9.47. The Labute approximate surface area is 186 Å². The van der Waals surface area contributed by atoms with Crippen molar-refractivity contribution in [3.8, 4) is 0 Å². The summed E-state index contributed by atoms with van der Waals surface area (Å²) in [6, 6.07) is 2.17. The highest BCUT2D eigenvalue weighted by Gasteiger charge is 2.58. The molecule has 3 N–H and O–H groups in total. The van der Waals surface area contributed by atoms with Crippen LogP contribution in [0.15, 0.2) is 23.1 Å². The van der Waals surface area contributed by atoms with Crippen molar-refractivity contribution in [2.45, 2.75) is 62.4 Å². The number of halogens is 2. The molecule has 0 aliphatic heterocycles. The van der Waals surface area contributed by atoms with Crippen LogP contribution in [0, 0.1) is 34.8 Å². The molecule has 4 aliphatic rings. The van der Waals surface area contributed by atoms with E-state index in [1.54, 1.807) is 0 Å². The Bertz CT molecular complexity index is 1060. The van der Waals surface area contributed by atoms with E-state index in [0.29, 0.717) is 24.8 Å². The van der Waals surface area contributed by atoms with Gasteiger partial charge >= 0.3 is 0 Å². The first-order valence-corrected chi connectivity index (χ1v) is 12.3. The van der Waals surface area contributed by atoms with E-state index in [1.807, 2.05) is 0 Å². The van der Waals surface area contributed by atoms with E-state index in [1.165, 1.54) is 20.9 Å². The highest BCUT2D eigenvalue weighted by molar-refractivity contribution is 7.89. The minimum Gasteiger partial charge on any atom is -0.369 e. The van der Waals surface area contributed by atoms with Crippen LogP contribution in [0.2, 0.25) is 0 Å². The number of carbonyl (C=O) groups excluding carboxylic acids is 2. The molecule has 1 aromatic rings. The molecule has 0 radical (unpaired) electrons. The van der Waals surface area contributed by atoms with Crippen molar-refractivity contribution in [2.75, 3.05) is 7.05 Å². The Morgan fingerprint density at radius 3 is 2.25 bits per heavy atom. The van der Waals surface area contributed by atoms with Gasteiger partial charge in [0.1, 0.15) is 5.54 Å². The number of nitrogens with two attached hydrogens (primary N) is 1. The average Bonchev–Trinajstić information content (AvgIpc) is 2.71. The molecular formula is C22H29F2N3O4S. The van der Waals surface area contributed by atoms with Gasteiger partial charge in [-0.2, -0.15) is 4.31 Å². The van der Waals surface area contributed by atoms with Gasteiger partial charge in [0, 0.05) is 18.5 Å². The second-order valence-corrected chi connectivity index (χ2v) is 12.2. The molecule has 0 spiro atoms. The van der Waals surface area contributed by atoms with Gasteiger partial charge in [0.05, 0.1) is 4.90 Å². The van der Waals surface area contributed by atoms with Gasteiger partial charge in [-0.05, 0) is 81.9 Å². The molecule has 4 fully saturated rings. The molecule has 4 bridgehead atoms. The number of benzene rings is 1. The molecular weight excluding hydrogens is 440 g/mol. The van der Waals surface area contributed by atoms with Gasteiger partial charge in [-0.1, -0.05) is 0 Å². The molecule has 5 rings (SSSR count). The first kappa shape index (κ1) is 23.1. The fourth-order valence-electron chi connectivity index (χ4n) is 6.13. The maximum absolute atomic E-state index is 13.6. The molecule has 0 aromatic heterocycles. The molecule has 4 aliphatic carbocycles. The molecule has 2 amide bonds. The number of primary amides is 1. The minimum absolute atomic E-state index is 0.126. The number of sulfonamides is 1. The highest BCUT2D eigenvalue weighted by atomic mass is 32.2. The summed E-state index contributed by atoms with van der Waals surface area (Å²) in [5.41, 5.74) is 3.75. The van der Waals surface area contributed by atoms with E-state index in [9.17, 15) is 26.8 Å². The number of likely N-dealkylation sites (N-methyl/N-ethyl adjacent to an activating group) is 1. The monoisotopic (exact) mass is 469 g/mol. The van der Waals surface area contributed by atoms with Crippen LogP contribution in [0.1, 0.15) is 46.0 Å². The van der Waals surface area contributed by atoms with Crippen molar-refractivity contribution in [3.63, 3.8) is 0 Å². The van der Waals surface area contributed by atoms with E-state index in [-0.39, 0.29) is 23.8 Å². The molecule has 0 saturated heterocycles. The lowest BCUT2D eigenvalue weighted by Crippen LogP contribution is -2.65. The zero-order valence-corrected chi connectivity index (χ0v) is 19.2. The van der Waals surface area contributed by atoms with Crippen LogP contribution >= 0.6 is 0 Å². The molecule has 2 atom stereocenters. The number of rotatable bonds is 6. The maximum atomic E-state index is 13.6. The van der Waals surface area contributed by atoms with E-state index in [2.05, 4.69) is 5.32 Å².